The summed E-state index contributed by atoms with van der Waals surface area (Å²) in [6, 6.07) is 11.0. The van der Waals surface area contributed by atoms with Crippen LogP contribution in [0.1, 0.15) is 19.8 Å². The number of fused-ring (bicyclic) bond motifs is 1. The second-order valence-corrected chi connectivity index (χ2v) is 11.2. The number of ether oxygens (including phenoxy) is 5. The molecule has 1 saturated heterocycles. The van der Waals surface area contributed by atoms with Crippen LogP contribution >= 0.6 is 0 Å². The number of carbonyl (C=O) groups excluding carboxylic acids is 2. The largest absolute Gasteiger partial charge is 0.465 e. The molecule has 3 heterocycles. The highest BCUT2D eigenvalue weighted by molar-refractivity contribution is 5.96. The first-order valence-corrected chi connectivity index (χ1v) is 16.6. The van der Waals surface area contributed by atoms with E-state index in [2.05, 4.69) is 26.0 Å². The molecule has 49 heavy (non-hydrogen) atoms. The fourth-order valence-electron chi connectivity index (χ4n) is 5.55. The summed E-state index contributed by atoms with van der Waals surface area (Å²) in [6.07, 6.45) is 6.77. The van der Waals surface area contributed by atoms with E-state index in [4.69, 9.17) is 29.2 Å². The highest BCUT2D eigenvalue weighted by Crippen LogP contribution is 2.30. The number of azide groups is 1. The third-order valence-electron chi connectivity index (χ3n) is 7.88. The molecule has 0 N–H and O–H groups in total. The smallest absolute Gasteiger partial charge is 0.326 e. The molecule has 3 aromatic rings. The molecule has 264 valence electrons. The maximum Gasteiger partial charge on any atom is 0.326 e. The van der Waals surface area contributed by atoms with Gasteiger partial charge in [0.2, 0.25) is 5.91 Å². The summed E-state index contributed by atoms with van der Waals surface area (Å²) < 4.78 is 28.4. The van der Waals surface area contributed by atoms with Crippen LogP contribution in [0.2, 0.25) is 0 Å². The number of aromatic nitrogens is 2. The second kappa shape index (κ2) is 20.8. The zero-order chi connectivity index (χ0) is 34.7. The number of pyridine rings is 2. The van der Waals surface area contributed by atoms with Gasteiger partial charge in [0.25, 0.3) is 5.56 Å². The second-order valence-electron chi connectivity index (χ2n) is 11.2. The average molecular weight is 680 g/mol. The molecular weight excluding hydrogens is 634 g/mol. The molecule has 1 fully saturated rings. The number of hydrogen-bond acceptors (Lipinski definition) is 11. The van der Waals surface area contributed by atoms with Crippen molar-refractivity contribution in [3.8, 4) is 0 Å². The van der Waals surface area contributed by atoms with Gasteiger partial charge in [0.1, 0.15) is 6.54 Å². The van der Waals surface area contributed by atoms with Crippen molar-refractivity contribution in [2.45, 2.75) is 26.3 Å². The Bertz CT molecular complexity index is 1590. The van der Waals surface area contributed by atoms with Crippen molar-refractivity contribution < 1.29 is 33.3 Å². The lowest BCUT2D eigenvalue weighted by Crippen LogP contribution is -2.46. The Morgan fingerprint density at radius 1 is 0.980 bits per heavy atom. The first-order chi connectivity index (χ1) is 24.0. The minimum atomic E-state index is -0.532. The highest BCUT2D eigenvalue weighted by atomic mass is 16.6. The van der Waals surface area contributed by atoms with Crippen molar-refractivity contribution in [2.24, 2.45) is 11.0 Å². The number of piperidine rings is 1. The van der Waals surface area contributed by atoms with Crippen molar-refractivity contribution in [1.82, 2.24) is 9.55 Å². The van der Waals surface area contributed by atoms with Crippen LogP contribution in [-0.2, 0) is 39.8 Å². The van der Waals surface area contributed by atoms with Gasteiger partial charge in [-0.25, -0.2) is 0 Å². The normalized spacial score (nSPS) is 14.4. The number of rotatable bonds is 21. The van der Waals surface area contributed by atoms with Gasteiger partial charge in [-0.1, -0.05) is 29.4 Å². The minimum Gasteiger partial charge on any atom is -0.465 e. The molecule has 0 spiro atoms. The average Bonchev–Trinajstić information content (AvgIpc) is 3.12. The molecule has 4 rings (SSSR count). The molecule has 15 nitrogen and oxygen atoms in total. The van der Waals surface area contributed by atoms with Crippen LogP contribution in [0.15, 0.2) is 64.9 Å². The van der Waals surface area contributed by atoms with Crippen LogP contribution in [0, 0.1) is 5.92 Å². The molecule has 1 aliphatic heterocycles. The minimum absolute atomic E-state index is 0.0852. The monoisotopic (exact) mass is 679 g/mol. The Hall–Kier alpha value is -4.53. The number of nitrogens with zero attached hydrogens (tertiary/aromatic N) is 7. The van der Waals surface area contributed by atoms with Crippen LogP contribution in [0.25, 0.3) is 21.2 Å². The topological polar surface area (TPSA) is 170 Å². The Morgan fingerprint density at radius 2 is 1.69 bits per heavy atom. The molecular formula is C34H45N7O8. The lowest BCUT2D eigenvalue weighted by Gasteiger charge is -2.36. The van der Waals surface area contributed by atoms with Crippen LogP contribution in [0.3, 0.4) is 0 Å². The number of esters is 1. The van der Waals surface area contributed by atoms with Gasteiger partial charge in [-0.2, -0.15) is 0 Å². The molecule has 1 aromatic carbocycles. The molecule has 0 unspecified atom stereocenters. The van der Waals surface area contributed by atoms with Crippen molar-refractivity contribution >= 4 is 34.0 Å². The van der Waals surface area contributed by atoms with Crippen molar-refractivity contribution in [2.75, 3.05) is 95.4 Å². The van der Waals surface area contributed by atoms with E-state index >= 15 is 0 Å². The van der Waals surface area contributed by atoms with Crippen molar-refractivity contribution in [3.63, 3.8) is 0 Å². The van der Waals surface area contributed by atoms with Crippen LogP contribution in [0.4, 0.5) is 11.4 Å². The van der Waals surface area contributed by atoms with Gasteiger partial charge in [0, 0.05) is 60.3 Å². The summed E-state index contributed by atoms with van der Waals surface area (Å²) in [5.74, 6) is -0.925. The number of anilines is 2. The lowest BCUT2D eigenvalue weighted by atomic mass is 9.95. The fraction of sp³-hybridized carbons (Fsp3) is 0.529. The first kappa shape index (κ1) is 37.3. The highest BCUT2D eigenvalue weighted by Gasteiger charge is 2.31. The molecule has 0 aliphatic carbocycles. The molecule has 0 saturated carbocycles. The molecule has 0 radical (unpaired) electrons. The number of benzene rings is 1. The summed E-state index contributed by atoms with van der Waals surface area (Å²) in [6.45, 7) is 6.36. The third-order valence-corrected chi connectivity index (χ3v) is 7.88. The van der Waals surface area contributed by atoms with E-state index in [1.807, 2.05) is 30.6 Å². The number of carbonyl (C=O) groups is 2. The van der Waals surface area contributed by atoms with Crippen LogP contribution in [-0.4, -0.2) is 107 Å². The molecule has 2 aromatic heterocycles. The SMILES string of the molecule is CCOC(=O)Cn1cc(N(CCOCCOCCOCCOCCN=[N+]=[N-])C(=O)[C@H]2CCCN(c3cncc4ccccc34)C2)ccc1=O. The molecule has 1 amide bonds. The van der Waals surface area contributed by atoms with E-state index in [9.17, 15) is 14.4 Å². The number of amides is 1. The summed E-state index contributed by atoms with van der Waals surface area (Å²) in [7, 11) is 0. The maximum atomic E-state index is 14.2. The van der Waals surface area contributed by atoms with Crippen molar-refractivity contribution in [1.29, 1.82) is 0 Å². The quantitative estimate of drug-likeness (QED) is 0.0533. The van der Waals surface area contributed by atoms with Gasteiger partial charge in [-0.15, -0.1) is 0 Å². The Labute approximate surface area is 285 Å². The number of hydrogen-bond donors (Lipinski definition) is 0. The predicted octanol–water partition coefficient (Wildman–Crippen LogP) is 3.59. The van der Waals surface area contributed by atoms with E-state index < -0.39 is 5.97 Å². The first-order valence-electron chi connectivity index (χ1n) is 16.6. The van der Waals surface area contributed by atoms with Gasteiger partial charge in [0.05, 0.1) is 83.0 Å². The van der Waals surface area contributed by atoms with Crippen molar-refractivity contribution in [3.05, 3.63) is 75.8 Å². The van der Waals surface area contributed by atoms with Gasteiger partial charge >= 0.3 is 5.97 Å². The standard InChI is InChI=1S/C34H45N7O8/c1-2-49-33(43)26-40-25-29(9-10-32(40)42)41(13-15-46-17-19-48-21-20-47-18-16-45-14-11-37-38-35)34(44)28-7-5-12-39(24-28)31-23-36-22-27-6-3-4-8-30(27)31/h3-4,6,8-10,22-23,25,28H,2,5,7,11-21,24,26H2,1H3/t28-/m0/s1. The molecule has 1 atom stereocenters. The zero-order valence-electron chi connectivity index (χ0n) is 28.0. The molecule has 0 bridgehead atoms. The van der Waals surface area contributed by atoms with Gasteiger partial charge < -0.3 is 38.1 Å². The summed E-state index contributed by atoms with van der Waals surface area (Å²) >= 11 is 0. The maximum absolute atomic E-state index is 14.2. The Kier molecular flexibility index (Phi) is 15.8. The van der Waals surface area contributed by atoms with Gasteiger partial charge in [-0.3, -0.25) is 19.4 Å². The summed E-state index contributed by atoms with van der Waals surface area (Å²) in [4.78, 5) is 50.0. The molecule has 1 aliphatic rings. The molecule has 15 heteroatoms. The Balaban J connectivity index is 1.34. The summed E-state index contributed by atoms with van der Waals surface area (Å²) in [5.41, 5.74) is 9.36. The fourth-order valence-corrected chi connectivity index (χ4v) is 5.55. The van der Waals surface area contributed by atoms with E-state index in [1.54, 1.807) is 17.9 Å². The predicted molar refractivity (Wildman–Crippen MR) is 184 cm³/mol. The van der Waals surface area contributed by atoms with E-state index in [0.717, 1.165) is 29.4 Å². The van der Waals surface area contributed by atoms with Crippen LogP contribution < -0.4 is 15.4 Å². The zero-order valence-corrected chi connectivity index (χ0v) is 28.0. The summed E-state index contributed by atoms with van der Waals surface area (Å²) in [5, 5.41) is 5.52. The van der Waals surface area contributed by atoms with E-state index in [1.165, 1.54) is 16.8 Å². The van der Waals surface area contributed by atoms with Crippen LogP contribution in [0.5, 0.6) is 0 Å². The Morgan fingerprint density at radius 3 is 2.43 bits per heavy atom. The van der Waals surface area contributed by atoms with E-state index in [-0.39, 0.29) is 50.2 Å². The van der Waals surface area contributed by atoms with E-state index in [0.29, 0.717) is 64.9 Å². The van der Waals surface area contributed by atoms with Gasteiger partial charge in [-0.05, 0) is 31.4 Å². The lowest BCUT2D eigenvalue weighted by molar-refractivity contribution is -0.143. The van der Waals surface area contributed by atoms with Gasteiger partial charge in [0.15, 0.2) is 0 Å². The third kappa shape index (κ3) is 11.8.